The molecule has 0 fully saturated rings. The fraction of sp³-hybridized carbons (Fsp3) is 0.562. The van der Waals surface area contributed by atoms with Crippen LogP contribution in [0.3, 0.4) is 0 Å². The average Bonchev–Trinajstić information content (AvgIpc) is 2.37. The minimum absolute atomic E-state index is 0.184. The van der Waals surface area contributed by atoms with Gasteiger partial charge in [-0.3, -0.25) is 4.79 Å². The predicted octanol–water partition coefficient (Wildman–Crippen LogP) is 2.90. The third-order valence-corrected chi connectivity index (χ3v) is 3.79. The molecular formula is C16H25NO2. The van der Waals surface area contributed by atoms with E-state index in [-0.39, 0.29) is 5.97 Å². The Morgan fingerprint density at radius 1 is 1.21 bits per heavy atom. The summed E-state index contributed by atoms with van der Waals surface area (Å²) in [5.74, 6) is -0.184. The van der Waals surface area contributed by atoms with Crippen molar-refractivity contribution in [3.63, 3.8) is 0 Å². The zero-order chi connectivity index (χ0) is 14.6. The molecule has 19 heavy (non-hydrogen) atoms. The van der Waals surface area contributed by atoms with Crippen molar-refractivity contribution >= 4 is 5.97 Å². The molecule has 3 nitrogen and oxygen atoms in total. The lowest BCUT2D eigenvalue weighted by atomic mass is 9.93. The van der Waals surface area contributed by atoms with Gasteiger partial charge in [-0.05, 0) is 56.9 Å². The van der Waals surface area contributed by atoms with Crippen LogP contribution in [-0.2, 0) is 16.1 Å². The van der Waals surface area contributed by atoms with E-state index in [9.17, 15) is 4.79 Å². The van der Waals surface area contributed by atoms with Gasteiger partial charge in [-0.2, -0.15) is 0 Å². The molecule has 0 bridgehead atoms. The van der Waals surface area contributed by atoms with Crippen molar-refractivity contribution in [2.24, 2.45) is 5.41 Å². The first-order valence-electron chi connectivity index (χ1n) is 6.64. The molecule has 0 atom stereocenters. The van der Waals surface area contributed by atoms with Crippen LogP contribution < -0.4 is 5.32 Å². The van der Waals surface area contributed by atoms with Crippen LogP contribution in [0.15, 0.2) is 12.1 Å². The number of esters is 1. The SMILES string of the molecule is COC(=O)C(C)(C)CNCc1ccc(C)c(C)c1C. The van der Waals surface area contributed by atoms with Crippen LogP contribution in [0.1, 0.15) is 36.1 Å². The van der Waals surface area contributed by atoms with Gasteiger partial charge in [0, 0.05) is 13.1 Å². The van der Waals surface area contributed by atoms with Gasteiger partial charge in [-0.25, -0.2) is 0 Å². The number of carbonyl (C=O) groups excluding carboxylic acids is 1. The monoisotopic (exact) mass is 263 g/mol. The third kappa shape index (κ3) is 3.80. The van der Waals surface area contributed by atoms with E-state index >= 15 is 0 Å². The Balaban J connectivity index is 2.64. The lowest BCUT2D eigenvalue weighted by Gasteiger charge is -2.22. The molecule has 0 unspecified atom stereocenters. The molecule has 106 valence electrons. The first-order chi connectivity index (χ1) is 8.79. The number of carbonyl (C=O) groups is 1. The van der Waals surface area contributed by atoms with Gasteiger partial charge in [-0.15, -0.1) is 0 Å². The molecule has 0 saturated carbocycles. The van der Waals surface area contributed by atoms with Gasteiger partial charge < -0.3 is 10.1 Å². The van der Waals surface area contributed by atoms with Crippen molar-refractivity contribution in [1.82, 2.24) is 5.32 Å². The maximum Gasteiger partial charge on any atom is 0.312 e. The van der Waals surface area contributed by atoms with E-state index in [4.69, 9.17) is 4.74 Å². The summed E-state index contributed by atoms with van der Waals surface area (Å²) < 4.78 is 4.80. The molecule has 0 aromatic heterocycles. The summed E-state index contributed by atoms with van der Waals surface area (Å²) in [5.41, 5.74) is 4.76. The van der Waals surface area contributed by atoms with Gasteiger partial charge in [0.25, 0.3) is 0 Å². The molecule has 0 aliphatic rings. The lowest BCUT2D eigenvalue weighted by molar-refractivity contribution is -0.150. The predicted molar refractivity (Wildman–Crippen MR) is 78.2 cm³/mol. The number of hydrogen-bond acceptors (Lipinski definition) is 3. The number of benzene rings is 1. The highest BCUT2D eigenvalue weighted by atomic mass is 16.5. The number of aryl methyl sites for hydroxylation is 1. The number of hydrogen-bond donors (Lipinski definition) is 1. The van der Waals surface area contributed by atoms with Crippen molar-refractivity contribution in [3.8, 4) is 0 Å². The minimum Gasteiger partial charge on any atom is -0.469 e. The molecule has 1 rings (SSSR count). The Labute approximate surface area is 116 Å². The van der Waals surface area contributed by atoms with Crippen LogP contribution in [0.5, 0.6) is 0 Å². The maximum absolute atomic E-state index is 11.6. The standard InChI is InChI=1S/C16H25NO2/c1-11-7-8-14(13(3)12(11)2)9-17-10-16(4,5)15(18)19-6/h7-8,17H,9-10H2,1-6H3. The number of ether oxygens (including phenoxy) is 1. The van der Waals surface area contributed by atoms with Crippen LogP contribution in [0, 0.1) is 26.2 Å². The van der Waals surface area contributed by atoms with E-state index in [2.05, 4.69) is 38.2 Å². The van der Waals surface area contributed by atoms with Crippen molar-refractivity contribution < 1.29 is 9.53 Å². The van der Waals surface area contributed by atoms with Gasteiger partial charge >= 0.3 is 5.97 Å². The van der Waals surface area contributed by atoms with Crippen LogP contribution in [0.2, 0.25) is 0 Å². The zero-order valence-corrected chi connectivity index (χ0v) is 12.9. The van der Waals surface area contributed by atoms with Crippen molar-refractivity contribution in [2.45, 2.75) is 41.2 Å². The van der Waals surface area contributed by atoms with E-state index in [1.54, 1.807) is 0 Å². The first-order valence-corrected chi connectivity index (χ1v) is 6.64. The van der Waals surface area contributed by atoms with Gasteiger partial charge in [-0.1, -0.05) is 12.1 Å². The summed E-state index contributed by atoms with van der Waals surface area (Å²) in [6.07, 6.45) is 0. The molecule has 1 aromatic rings. The fourth-order valence-corrected chi connectivity index (χ4v) is 2.06. The van der Waals surface area contributed by atoms with E-state index in [0.29, 0.717) is 6.54 Å². The molecule has 0 heterocycles. The van der Waals surface area contributed by atoms with Gasteiger partial charge in [0.15, 0.2) is 0 Å². The summed E-state index contributed by atoms with van der Waals surface area (Å²) in [7, 11) is 1.43. The quantitative estimate of drug-likeness (QED) is 0.830. The van der Waals surface area contributed by atoms with Crippen LogP contribution in [-0.4, -0.2) is 19.6 Å². The Hall–Kier alpha value is -1.35. The molecule has 0 spiro atoms. The first kappa shape index (κ1) is 15.7. The molecule has 3 heteroatoms. The highest BCUT2D eigenvalue weighted by Gasteiger charge is 2.28. The normalized spacial score (nSPS) is 11.5. The molecule has 0 radical (unpaired) electrons. The smallest absolute Gasteiger partial charge is 0.312 e. The Morgan fingerprint density at radius 2 is 1.84 bits per heavy atom. The molecular weight excluding hydrogens is 238 g/mol. The number of rotatable bonds is 5. The molecule has 1 N–H and O–H groups in total. The van der Waals surface area contributed by atoms with Crippen LogP contribution in [0.25, 0.3) is 0 Å². The fourth-order valence-electron chi connectivity index (χ4n) is 2.06. The molecule has 0 amide bonds. The Bertz CT molecular complexity index is 464. The zero-order valence-electron chi connectivity index (χ0n) is 12.9. The average molecular weight is 263 g/mol. The Morgan fingerprint density at radius 3 is 2.42 bits per heavy atom. The molecule has 1 aromatic carbocycles. The largest absolute Gasteiger partial charge is 0.469 e. The lowest BCUT2D eigenvalue weighted by Crippen LogP contribution is -2.36. The highest BCUT2D eigenvalue weighted by molar-refractivity contribution is 5.76. The van der Waals surface area contributed by atoms with Gasteiger partial charge in [0.1, 0.15) is 0 Å². The van der Waals surface area contributed by atoms with Crippen LogP contribution in [0.4, 0.5) is 0 Å². The number of nitrogens with one attached hydrogen (secondary N) is 1. The third-order valence-electron chi connectivity index (χ3n) is 3.79. The summed E-state index contributed by atoms with van der Waals surface area (Å²) in [5, 5.41) is 3.34. The van der Waals surface area contributed by atoms with Gasteiger partial charge in [0.05, 0.1) is 12.5 Å². The minimum atomic E-state index is -0.498. The summed E-state index contributed by atoms with van der Waals surface area (Å²) in [4.78, 5) is 11.6. The summed E-state index contributed by atoms with van der Waals surface area (Å²) in [6, 6.07) is 4.29. The second-order valence-electron chi connectivity index (χ2n) is 5.77. The summed E-state index contributed by atoms with van der Waals surface area (Å²) in [6.45, 7) is 11.6. The van der Waals surface area contributed by atoms with E-state index in [1.165, 1.54) is 29.4 Å². The highest BCUT2D eigenvalue weighted by Crippen LogP contribution is 2.18. The van der Waals surface area contributed by atoms with Crippen LogP contribution >= 0.6 is 0 Å². The second-order valence-corrected chi connectivity index (χ2v) is 5.77. The van der Waals surface area contributed by atoms with E-state index in [0.717, 1.165) is 6.54 Å². The van der Waals surface area contributed by atoms with Crippen molar-refractivity contribution in [1.29, 1.82) is 0 Å². The summed E-state index contributed by atoms with van der Waals surface area (Å²) >= 11 is 0. The van der Waals surface area contributed by atoms with Crippen molar-refractivity contribution in [2.75, 3.05) is 13.7 Å². The molecule has 0 aliphatic carbocycles. The topological polar surface area (TPSA) is 38.3 Å². The molecule has 0 aliphatic heterocycles. The Kier molecular flexibility index (Phi) is 5.12. The second kappa shape index (κ2) is 6.20. The number of methoxy groups -OCH3 is 1. The van der Waals surface area contributed by atoms with Gasteiger partial charge in [0.2, 0.25) is 0 Å². The maximum atomic E-state index is 11.6. The van der Waals surface area contributed by atoms with E-state index in [1.807, 2.05) is 13.8 Å². The van der Waals surface area contributed by atoms with Crippen molar-refractivity contribution in [3.05, 3.63) is 34.4 Å². The van der Waals surface area contributed by atoms with E-state index < -0.39 is 5.41 Å². The molecule has 0 saturated heterocycles.